The standard InChI is InChI=1S/C13H10Cl3N3O2/c1-21-11-4-7(2-3-10(11)20)6-17-19-13-9(15)5-8(14)12(16)18-13/h2-6,20H,1H3,(H,18,19)/b17-6+. The molecule has 1 aromatic heterocycles. The number of hydrogen-bond acceptors (Lipinski definition) is 5. The summed E-state index contributed by atoms with van der Waals surface area (Å²) in [4.78, 5) is 3.96. The molecule has 0 aliphatic heterocycles. The Hall–Kier alpha value is -1.69. The van der Waals surface area contributed by atoms with Crippen molar-refractivity contribution < 1.29 is 9.84 Å². The van der Waals surface area contributed by atoms with Crippen molar-refractivity contribution in [3.05, 3.63) is 45.0 Å². The van der Waals surface area contributed by atoms with Crippen LogP contribution in [0.2, 0.25) is 15.2 Å². The van der Waals surface area contributed by atoms with Crippen LogP contribution >= 0.6 is 34.8 Å². The molecule has 0 fully saturated rings. The molecule has 0 saturated heterocycles. The highest BCUT2D eigenvalue weighted by Crippen LogP contribution is 2.29. The first-order valence-corrected chi connectivity index (χ1v) is 6.82. The Morgan fingerprint density at radius 1 is 1.24 bits per heavy atom. The highest BCUT2D eigenvalue weighted by molar-refractivity contribution is 6.42. The van der Waals surface area contributed by atoms with Gasteiger partial charge in [0.1, 0.15) is 5.15 Å². The van der Waals surface area contributed by atoms with Crippen LogP contribution < -0.4 is 10.2 Å². The van der Waals surface area contributed by atoms with Gasteiger partial charge in [0.25, 0.3) is 0 Å². The van der Waals surface area contributed by atoms with Gasteiger partial charge in [-0.1, -0.05) is 34.8 Å². The van der Waals surface area contributed by atoms with E-state index in [1.54, 1.807) is 12.1 Å². The molecule has 2 N–H and O–H groups in total. The molecule has 0 spiro atoms. The van der Waals surface area contributed by atoms with Crippen molar-refractivity contribution in [3.63, 3.8) is 0 Å². The Morgan fingerprint density at radius 2 is 2.00 bits per heavy atom. The van der Waals surface area contributed by atoms with E-state index in [0.29, 0.717) is 16.3 Å². The van der Waals surface area contributed by atoms with Gasteiger partial charge < -0.3 is 9.84 Å². The van der Waals surface area contributed by atoms with Gasteiger partial charge in [0.15, 0.2) is 17.3 Å². The Morgan fingerprint density at radius 3 is 2.71 bits per heavy atom. The number of halogens is 3. The smallest absolute Gasteiger partial charge is 0.166 e. The second kappa shape index (κ2) is 6.85. The molecular weight excluding hydrogens is 337 g/mol. The average Bonchev–Trinajstić information content (AvgIpc) is 2.46. The SMILES string of the molecule is COc1cc(/C=N/Nc2nc(Cl)c(Cl)cc2Cl)ccc1O. The zero-order valence-electron chi connectivity index (χ0n) is 10.8. The number of phenolic OH excluding ortho intramolecular Hbond substituents is 1. The number of aromatic hydroxyl groups is 1. The van der Waals surface area contributed by atoms with Crippen LogP contribution in [0.15, 0.2) is 29.4 Å². The Labute approximate surface area is 136 Å². The number of nitrogens with zero attached hydrogens (tertiary/aromatic N) is 2. The van der Waals surface area contributed by atoms with Gasteiger partial charge in [0.05, 0.1) is 23.4 Å². The van der Waals surface area contributed by atoms with E-state index in [9.17, 15) is 5.11 Å². The van der Waals surface area contributed by atoms with Gasteiger partial charge in [-0.2, -0.15) is 5.10 Å². The first-order valence-electron chi connectivity index (χ1n) is 5.69. The predicted molar refractivity (Wildman–Crippen MR) is 85.1 cm³/mol. The minimum atomic E-state index is 0.0526. The fourth-order valence-electron chi connectivity index (χ4n) is 1.47. The highest BCUT2D eigenvalue weighted by Gasteiger charge is 2.06. The summed E-state index contributed by atoms with van der Waals surface area (Å²) in [5, 5.41) is 14.2. The number of rotatable bonds is 4. The van der Waals surface area contributed by atoms with E-state index in [1.165, 1.54) is 25.5 Å². The number of benzene rings is 1. The first-order chi connectivity index (χ1) is 10.0. The fraction of sp³-hybridized carbons (Fsp3) is 0.0769. The summed E-state index contributed by atoms with van der Waals surface area (Å²) in [6, 6.07) is 6.28. The zero-order chi connectivity index (χ0) is 15.4. The normalized spacial score (nSPS) is 10.9. The van der Waals surface area contributed by atoms with Crippen LogP contribution in [0.3, 0.4) is 0 Å². The van der Waals surface area contributed by atoms with E-state index in [2.05, 4.69) is 15.5 Å². The molecule has 0 bridgehead atoms. The fourth-order valence-corrected chi connectivity index (χ4v) is 2.00. The molecule has 0 radical (unpaired) electrons. The third kappa shape index (κ3) is 3.91. The van der Waals surface area contributed by atoms with Crippen LogP contribution in [0.1, 0.15) is 5.56 Å². The van der Waals surface area contributed by atoms with Crippen molar-refractivity contribution in [1.82, 2.24) is 4.98 Å². The van der Waals surface area contributed by atoms with Gasteiger partial charge in [-0.3, -0.25) is 5.43 Å². The minimum absolute atomic E-state index is 0.0526. The molecule has 5 nitrogen and oxygen atoms in total. The number of anilines is 1. The maximum Gasteiger partial charge on any atom is 0.166 e. The van der Waals surface area contributed by atoms with E-state index in [-0.39, 0.29) is 21.7 Å². The van der Waals surface area contributed by atoms with Crippen LogP contribution in [-0.4, -0.2) is 23.4 Å². The molecule has 0 aliphatic carbocycles. The lowest BCUT2D eigenvalue weighted by molar-refractivity contribution is 0.373. The number of pyridine rings is 1. The molecule has 1 aromatic carbocycles. The molecule has 110 valence electrons. The van der Waals surface area contributed by atoms with Crippen LogP contribution in [0, 0.1) is 0 Å². The van der Waals surface area contributed by atoms with Crippen molar-refractivity contribution in [2.45, 2.75) is 0 Å². The van der Waals surface area contributed by atoms with Crippen LogP contribution in [0.25, 0.3) is 0 Å². The van der Waals surface area contributed by atoms with E-state index in [4.69, 9.17) is 39.5 Å². The van der Waals surface area contributed by atoms with Gasteiger partial charge in [-0.05, 0) is 29.8 Å². The third-order valence-corrected chi connectivity index (χ3v) is 3.44. The summed E-state index contributed by atoms with van der Waals surface area (Å²) < 4.78 is 5.00. The van der Waals surface area contributed by atoms with Gasteiger partial charge >= 0.3 is 0 Å². The lowest BCUT2D eigenvalue weighted by Crippen LogP contribution is -1.95. The van der Waals surface area contributed by atoms with E-state index in [1.807, 2.05) is 0 Å². The van der Waals surface area contributed by atoms with Crippen molar-refractivity contribution in [3.8, 4) is 11.5 Å². The average molecular weight is 347 g/mol. The molecule has 0 amide bonds. The summed E-state index contributed by atoms with van der Waals surface area (Å²) in [6.45, 7) is 0. The van der Waals surface area contributed by atoms with Crippen molar-refractivity contribution >= 4 is 46.8 Å². The van der Waals surface area contributed by atoms with Crippen LogP contribution in [-0.2, 0) is 0 Å². The molecule has 21 heavy (non-hydrogen) atoms. The van der Waals surface area contributed by atoms with Crippen molar-refractivity contribution in [1.29, 1.82) is 0 Å². The van der Waals surface area contributed by atoms with Gasteiger partial charge in [-0.25, -0.2) is 4.98 Å². The number of ether oxygens (including phenoxy) is 1. The van der Waals surface area contributed by atoms with E-state index in [0.717, 1.165) is 0 Å². The minimum Gasteiger partial charge on any atom is -0.504 e. The molecule has 2 aromatic rings. The van der Waals surface area contributed by atoms with E-state index >= 15 is 0 Å². The Kier molecular flexibility index (Phi) is 5.12. The number of hydrogen-bond donors (Lipinski definition) is 2. The van der Waals surface area contributed by atoms with Gasteiger partial charge in [0.2, 0.25) is 0 Å². The number of methoxy groups -OCH3 is 1. The summed E-state index contributed by atoms with van der Waals surface area (Å²) in [5.41, 5.74) is 3.38. The molecule has 8 heteroatoms. The largest absolute Gasteiger partial charge is 0.504 e. The summed E-state index contributed by atoms with van der Waals surface area (Å²) in [6.07, 6.45) is 1.52. The molecule has 0 aliphatic rings. The number of hydrazone groups is 1. The number of aromatic nitrogens is 1. The van der Waals surface area contributed by atoms with E-state index < -0.39 is 0 Å². The molecular formula is C13H10Cl3N3O2. The van der Waals surface area contributed by atoms with Crippen LogP contribution in [0.5, 0.6) is 11.5 Å². The molecule has 0 saturated carbocycles. The summed E-state index contributed by atoms with van der Waals surface area (Å²) >= 11 is 17.5. The highest BCUT2D eigenvalue weighted by atomic mass is 35.5. The number of nitrogens with one attached hydrogen (secondary N) is 1. The topological polar surface area (TPSA) is 66.7 Å². The molecule has 2 rings (SSSR count). The summed E-state index contributed by atoms with van der Waals surface area (Å²) in [5.74, 6) is 0.689. The Balaban J connectivity index is 2.14. The zero-order valence-corrected chi connectivity index (χ0v) is 13.0. The monoisotopic (exact) mass is 345 g/mol. The quantitative estimate of drug-likeness (QED) is 0.494. The molecule has 0 unspecified atom stereocenters. The van der Waals surface area contributed by atoms with Gasteiger partial charge in [-0.15, -0.1) is 0 Å². The Bertz CT molecular complexity index is 693. The lowest BCUT2D eigenvalue weighted by Gasteiger charge is -2.05. The second-order valence-corrected chi connectivity index (χ2v) is 5.07. The van der Waals surface area contributed by atoms with Crippen molar-refractivity contribution in [2.75, 3.05) is 12.5 Å². The second-order valence-electron chi connectivity index (χ2n) is 3.89. The first kappa shape index (κ1) is 15.7. The maximum atomic E-state index is 9.49. The van der Waals surface area contributed by atoms with Crippen LogP contribution in [0.4, 0.5) is 5.82 Å². The molecule has 0 atom stereocenters. The molecule has 1 heterocycles. The predicted octanol–water partition coefficient (Wildman–Crippen LogP) is 4.20. The lowest BCUT2D eigenvalue weighted by atomic mass is 10.2. The maximum absolute atomic E-state index is 9.49. The number of phenols is 1. The third-order valence-electron chi connectivity index (χ3n) is 2.47. The van der Waals surface area contributed by atoms with Crippen molar-refractivity contribution in [2.24, 2.45) is 5.10 Å². The summed E-state index contributed by atoms with van der Waals surface area (Å²) in [7, 11) is 1.47. The van der Waals surface area contributed by atoms with Gasteiger partial charge in [0, 0.05) is 0 Å².